The van der Waals surface area contributed by atoms with Crippen molar-refractivity contribution < 1.29 is 4.79 Å². The number of benzene rings is 1. The summed E-state index contributed by atoms with van der Waals surface area (Å²) in [5, 5.41) is 12.7. The topological polar surface area (TPSA) is 63.1 Å². The maximum absolute atomic E-state index is 12.3. The molecular weight excluding hydrogens is 370 g/mol. The third-order valence-electron chi connectivity index (χ3n) is 5.27. The number of piperidine rings is 1. The van der Waals surface area contributed by atoms with E-state index < -0.39 is 0 Å². The zero-order valence-corrected chi connectivity index (χ0v) is 18.1. The van der Waals surface area contributed by atoms with E-state index in [1.54, 1.807) is 0 Å². The Kier molecular flexibility index (Phi) is 6.99. The Morgan fingerprint density at radius 1 is 1.11 bits per heavy atom. The number of aromatic nitrogens is 3. The molecule has 0 saturated carbocycles. The minimum absolute atomic E-state index is 0.0316. The molecule has 152 valence electrons. The SMILES string of the molecule is Cc1ccc(-n2c(SCC(=O)N[C@H](C)C(C)C)nnc2N2CCCCC2)cc1. The minimum Gasteiger partial charge on any atom is -0.353 e. The van der Waals surface area contributed by atoms with Crippen molar-refractivity contribution in [1.82, 2.24) is 20.1 Å². The number of nitrogens with one attached hydrogen (secondary N) is 1. The van der Waals surface area contributed by atoms with Crippen LogP contribution < -0.4 is 10.2 Å². The normalized spacial score (nSPS) is 15.7. The molecule has 1 fully saturated rings. The molecule has 2 aromatic rings. The molecule has 2 heterocycles. The van der Waals surface area contributed by atoms with Crippen molar-refractivity contribution in [3.8, 4) is 5.69 Å². The highest BCUT2D eigenvalue weighted by Gasteiger charge is 2.22. The van der Waals surface area contributed by atoms with Gasteiger partial charge in [-0.1, -0.05) is 43.3 Å². The van der Waals surface area contributed by atoms with Gasteiger partial charge >= 0.3 is 0 Å². The largest absolute Gasteiger partial charge is 0.353 e. The van der Waals surface area contributed by atoms with Crippen LogP contribution in [0.3, 0.4) is 0 Å². The Bertz CT molecular complexity index is 781. The summed E-state index contributed by atoms with van der Waals surface area (Å²) in [7, 11) is 0. The molecule has 28 heavy (non-hydrogen) atoms. The monoisotopic (exact) mass is 401 g/mol. The predicted octanol–water partition coefficient (Wildman–Crippen LogP) is 3.82. The van der Waals surface area contributed by atoms with Gasteiger partial charge in [-0.15, -0.1) is 10.2 Å². The van der Waals surface area contributed by atoms with Gasteiger partial charge in [0.05, 0.1) is 11.4 Å². The maximum atomic E-state index is 12.3. The molecule has 1 amide bonds. The molecule has 1 N–H and O–H groups in total. The van der Waals surface area contributed by atoms with Crippen molar-refractivity contribution in [2.75, 3.05) is 23.7 Å². The number of rotatable bonds is 7. The fourth-order valence-corrected chi connectivity index (χ4v) is 3.92. The third kappa shape index (κ3) is 5.07. The molecule has 1 aromatic carbocycles. The van der Waals surface area contributed by atoms with Gasteiger partial charge < -0.3 is 10.2 Å². The Balaban J connectivity index is 1.81. The summed E-state index contributed by atoms with van der Waals surface area (Å²) in [5.74, 6) is 1.66. The fraction of sp³-hybridized carbons (Fsp3) is 0.571. The molecule has 1 aromatic heterocycles. The van der Waals surface area contributed by atoms with Crippen LogP contribution in [0.1, 0.15) is 45.6 Å². The second-order valence-electron chi connectivity index (χ2n) is 7.89. The number of amides is 1. The van der Waals surface area contributed by atoms with Crippen molar-refractivity contribution in [2.24, 2.45) is 5.92 Å². The zero-order valence-electron chi connectivity index (χ0n) is 17.3. The third-order valence-corrected chi connectivity index (χ3v) is 6.20. The Morgan fingerprint density at radius 2 is 1.79 bits per heavy atom. The second-order valence-corrected chi connectivity index (χ2v) is 8.83. The van der Waals surface area contributed by atoms with Crippen LogP contribution in [0.2, 0.25) is 0 Å². The lowest BCUT2D eigenvalue weighted by molar-refractivity contribution is -0.119. The molecule has 6 nitrogen and oxygen atoms in total. The van der Waals surface area contributed by atoms with Gasteiger partial charge in [0.1, 0.15) is 0 Å². The summed E-state index contributed by atoms with van der Waals surface area (Å²) in [6.07, 6.45) is 3.63. The summed E-state index contributed by atoms with van der Waals surface area (Å²) < 4.78 is 2.09. The van der Waals surface area contributed by atoms with Crippen LogP contribution in [0.4, 0.5) is 5.95 Å². The van der Waals surface area contributed by atoms with Gasteiger partial charge in [0.15, 0.2) is 5.16 Å². The van der Waals surface area contributed by atoms with E-state index in [-0.39, 0.29) is 11.9 Å². The zero-order chi connectivity index (χ0) is 20.1. The van der Waals surface area contributed by atoms with Gasteiger partial charge in [-0.3, -0.25) is 9.36 Å². The Morgan fingerprint density at radius 3 is 2.43 bits per heavy atom. The van der Waals surface area contributed by atoms with E-state index in [1.165, 1.54) is 36.6 Å². The van der Waals surface area contributed by atoms with E-state index in [1.807, 2.05) is 6.92 Å². The van der Waals surface area contributed by atoms with Crippen molar-refractivity contribution in [3.63, 3.8) is 0 Å². The van der Waals surface area contributed by atoms with Gasteiger partial charge in [0, 0.05) is 19.1 Å². The molecule has 0 spiro atoms. The molecule has 1 saturated heterocycles. The summed E-state index contributed by atoms with van der Waals surface area (Å²) in [5.41, 5.74) is 2.25. The summed E-state index contributed by atoms with van der Waals surface area (Å²) in [4.78, 5) is 14.6. The highest BCUT2D eigenvalue weighted by molar-refractivity contribution is 7.99. The van der Waals surface area contributed by atoms with Gasteiger partial charge in [-0.25, -0.2) is 0 Å². The van der Waals surface area contributed by atoms with Crippen LogP contribution in [0, 0.1) is 12.8 Å². The Labute approximate surface area is 172 Å². The molecule has 1 aliphatic rings. The number of hydrogen-bond donors (Lipinski definition) is 1. The quantitative estimate of drug-likeness (QED) is 0.715. The maximum Gasteiger partial charge on any atom is 0.232 e. The van der Waals surface area contributed by atoms with Crippen molar-refractivity contribution in [3.05, 3.63) is 29.8 Å². The predicted molar refractivity (Wildman–Crippen MR) is 115 cm³/mol. The molecule has 0 bridgehead atoms. The first-order valence-electron chi connectivity index (χ1n) is 10.1. The number of carbonyl (C=O) groups is 1. The number of thioether (sulfide) groups is 1. The van der Waals surface area contributed by atoms with E-state index in [0.717, 1.165) is 29.9 Å². The summed E-state index contributed by atoms with van der Waals surface area (Å²) in [6.45, 7) is 10.3. The number of hydrogen-bond acceptors (Lipinski definition) is 5. The summed E-state index contributed by atoms with van der Waals surface area (Å²) >= 11 is 1.44. The van der Waals surface area contributed by atoms with Crippen molar-refractivity contribution in [2.45, 2.75) is 58.2 Å². The average molecular weight is 402 g/mol. The van der Waals surface area contributed by atoms with Crippen LogP contribution in [0.5, 0.6) is 0 Å². The van der Waals surface area contributed by atoms with Crippen LogP contribution in [0.25, 0.3) is 5.69 Å². The highest BCUT2D eigenvalue weighted by Crippen LogP contribution is 2.28. The van der Waals surface area contributed by atoms with E-state index in [4.69, 9.17) is 0 Å². The first-order valence-corrected chi connectivity index (χ1v) is 11.1. The average Bonchev–Trinajstić information content (AvgIpc) is 3.11. The van der Waals surface area contributed by atoms with Gasteiger partial charge in [-0.05, 0) is 51.2 Å². The van der Waals surface area contributed by atoms with Crippen molar-refractivity contribution in [1.29, 1.82) is 0 Å². The lowest BCUT2D eigenvalue weighted by Gasteiger charge is -2.27. The first-order chi connectivity index (χ1) is 13.5. The number of aryl methyl sites for hydroxylation is 1. The second kappa shape index (κ2) is 9.45. The number of carbonyl (C=O) groups excluding carboxylic acids is 1. The van der Waals surface area contributed by atoms with Gasteiger partial charge in [0.2, 0.25) is 11.9 Å². The van der Waals surface area contributed by atoms with Crippen LogP contribution in [-0.2, 0) is 4.79 Å². The number of nitrogens with zero attached hydrogens (tertiary/aromatic N) is 4. The van der Waals surface area contributed by atoms with E-state index in [0.29, 0.717) is 11.7 Å². The molecule has 1 atom stereocenters. The highest BCUT2D eigenvalue weighted by atomic mass is 32.2. The van der Waals surface area contributed by atoms with Crippen LogP contribution in [0.15, 0.2) is 29.4 Å². The molecule has 3 rings (SSSR count). The molecular formula is C21H31N5OS. The lowest BCUT2D eigenvalue weighted by atomic mass is 10.1. The fourth-order valence-electron chi connectivity index (χ4n) is 3.17. The molecule has 0 unspecified atom stereocenters. The molecule has 7 heteroatoms. The lowest BCUT2D eigenvalue weighted by Crippen LogP contribution is -2.37. The van der Waals surface area contributed by atoms with Crippen LogP contribution in [-0.4, -0.2) is 45.6 Å². The van der Waals surface area contributed by atoms with E-state index in [2.05, 4.69) is 70.0 Å². The molecule has 0 radical (unpaired) electrons. The van der Waals surface area contributed by atoms with Crippen LogP contribution >= 0.6 is 11.8 Å². The standard InChI is InChI=1S/C21H31N5OS/c1-15(2)17(4)22-19(27)14-28-21-24-23-20(25-12-6-5-7-13-25)26(21)18-10-8-16(3)9-11-18/h8-11,15,17H,5-7,12-14H2,1-4H3,(H,22,27)/t17-/m1/s1. The van der Waals surface area contributed by atoms with E-state index >= 15 is 0 Å². The summed E-state index contributed by atoms with van der Waals surface area (Å²) in [6, 6.07) is 8.54. The van der Waals surface area contributed by atoms with Crippen molar-refractivity contribution >= 4 is 23.6 Å². The Hall–Kier alpha value is -2.02. The number of anilines is 1. The minimum atomic E-state index is 0.0316. The molecule has 1 aliphatic heterocycles. The smallest absolute Gasteiger partial charge is 0.232 e. The van der Waals surface area contributed by atoms with Gasteiger partial charge in [-0.2, -0.15) is 0 Å². The first kappa shape index (κ1) is 20.7. The van der Waals surface area contributed by atoms with Gasteiger partial charge in [0.25, 0.3) is 0 Å². The van der Waals surface area contributed by atoms with E-state index in [9.17, 15) is 4.79 Å². The molecule has 0 aliphatic carbocycles.